The average molecular weight is 192 g/mol. The van der Waals surface area contributed by atoms with Crippen LogP contribution in [0.5, 0.6) is 5.75 Å². The van der Waals surface area contributed by atoms with Gasteiger partial charge in [0.1, 0.15) is 5.75 Å². The lowest BCUT2D eigenvalue weighted by Gasteiger charge is -2.05. The Labute approximate surface area is 84.6 Å². The number of phenols is 1. The Hall–Kier alpha value is -1.31. The van der Waals surface area contributed by atoms with Gasteiger partial charge in [-0.05, 0) is 43.5 Å². The Balaban J connectivity index is 2.90. The van der Waals surface area contributed by atoms with Crippen LogP contribution in [0.3, 0.4) is 0 Å². The number of Topliss-reactive ketones (excluding diaryl/α,β-unsaturated/α-hetero) is 1. The van der Waals surface area contributed by atoms with E-state index in [1.54, 1.807) is 18.2 Å². The Bertz CT molecular complexity index is 329. The first-order valence-corrected chi connectivity index (χ1v) is 4.98. The van der Waals surface area contributed by atoms with E-state index in [9.17, 15) is 9.90 Å². The topological polar surface area (TPSA) is 37.3 Å². The molecule has 0 spiro atoms. The molecule has 1 aromatic rings. The van der Waals surface area contributed by atoms with Gasteiger partial charge in [-0.25, -0.2) is 0 Å². The number of hydrogen-bond donors (Lipinski definition) is 1. The van der Waals surface area contributed by atoms with Gasteiger partial charge in [0.25, 0.3) is 0 Å². The highest BCUT2D eigenvalue weighted by Crippen LogP contribution is 2.20. The lowest BCUT2D eigenvalue weighted by molar-refractivity contribution is 0.101. The molecule has 0 saturated carbocycles. The minimum absolute atomic E-state index is 0.0442. The lowest BCUT2D eigenvalue weighted by Crippen LogP contribution is -1.94. The monoisotopic (exact) mass is 192 g/mol. The van der Waals surface area contributed by atoms with Crippen LogP contribution in [0.1, 0.15) is 42.6 Å². The third-order valence-electron chi connectivity index (χ3n) is 2.29. The molecule has 0 fully saturated rings. The second kappa shape index (κ2) is 4.80. The number of phenolic OH excluding ortho intramolecular Hbond substituents is 1. The van der Waals surface area contributed by atoms with Crippen molar-refractivity contribution in [3.8, 4) is 5.75 Å². The number of benzene rings is 1. The largest absolute Gasteiger partial charge is 0.508 e. The Morgan fingerprint density at radius 3 is 2.71 bits per heavy atom. The second-order valence-corrected chi connectivity index (χ2v) is 3.50. The summed E-state index contributed by atoms with van der Waals surface area (Å²) in [7, 11) is 0. The van der Waals surface area contributed by atoms with Crippen LogP contribution in [0.15, 0.2) is 18.2 Å². The fourth-order valence-electron chi connectivity index (χ4n) is 1.37. The van der Waals surface area contributed by atoms with Gasteiger partial charge in [-0.3, -0.25) is 4.79 Å². The van der Waals surface area contributed by atoms with Gasteiger partial charge < -0.3 is 5.11 Å². The molecule has 0 aliphatic heterocycles. The molecule has 0 unspecified atom stereocenters. The summed E-state index contributed by atoms with van der Waals surface area (Å²) < 4.78 is 0. The molecule has 0 bridgehead atoms. The standard InChI is InChI=1S/C12H16O2/c1-3-4-5-11-8-10(9(2)13)6-7-12(11)14/h6-8,14H,3-5H2,1-2H3. The van der Waals surface area contributed by atoms with Gasteiger partial charge in [0.15, 0.2) is 5.78 Å². The molecule has 0 aromatic heterocycles. The summed E-state index contributed by atoms with van der Waals surface area (Å²) in [6, 6.07) is 5.04. The Morgan fingerprint density at radius 2 is 2.14 bits per heavy atom. The Morgan fingerprint density at radius 1 is 1.43 bits per heavy atom. The number of ketones is 1. The number of aromatic hydroxyl groups is 1. The molecular weight excluding hydrogens is 176 g/mol. The van der Waals surface area contributed by atoms with Gasteiger partial charge >= 0.3 is 0 Å². The van der Waals surface area contributed by atoms with Crippen molar-refractivity contribution in [2.45, 2.75) is 33.1 Å². The molecule has 1 aromatic carbocycles. The Kier molecular flexibility index (Phi) is 3.69. The van der Waals surface area contributed by atoms with Crippen LogP contribution in [0.4, 0.5) is 0 Å². The minimum Gasteiger partial charge on any atom is -0.508 e. The summed E-state index contributed by atoms with van der Waals surface area (Å²) in [4.78, 5) is 11.1. The molecule has 76 valence electrons. The predicted octanol–water partition coefficient (Wildman–Crippen LogP) is 2.94. The molecule has 2 nitrogen and oxygen atoms in total. The highest BCUT2D eigenvalue weighted by Gasteiger charge is 2.04. The zero-order chi connectivity index (χ0) is 10.6. The number of carbonyl (C=O) groups excluding carboxylic acids is 1. The molecule has 0 atom stereocenters. The zero-order valence-electron chi connectivity index (χ0n) is 8.71. The van der Waals surface area contributed by atoms with E-state index in [1.165, 1.54) is 6.92 Å². The molecule has 0 aliphatic carbocycles. The van der Waals surface area contributed by atoms with E-state index in [-0.39, 0.29) is 5.78 Å². The van der Waals surface area contributed by atoms with Crippen LogP contribution in [-0.4, -0.2) is 10.9 Å². The summed E-state index contributed by atoms with van der Waals surface area (Å²) in [6.45, 7) is 3.64. The van der Waals surface area contributed by atoms with Crippen molar-refractivity contribution in [1.29, 1.82) is 0 Å². The summed E-state index contributed by atoms with van der Waals surface area (Å²) in [5.74, 6) is 0.339. The molecular formula is C12H16O2. The second-order valence-electron chi connectivity index (χ2n) is 3.50. The van der Waals surface area contributed by atoms with Crippen LogP contribution in [0.25, 0.3) is 0 Å². The van der Waals surface area contributed by atoms with Gasteiger partial charge in [0, 0.05) is 5.56 Å². The van der Waals surface area contributed by atoms with Crippen molar-refractivity contribution in [2.75, 3.05) is 0 Å². The van der Waals surface area contributed by atoms with Gasteiger partial charge in [-0.1, -0.05) is 13.3 Å². The zero-order valence-corrected chi connectivity index (χ0v) is 8.71. The highest BCUT2D eigenvalue weighted by atomic mass is 16.3. The van der Waals surface area contributed by atoms with E-state index in [4.69, 9.17) is 0 Å². The normalized spacial score (nSPS) is 10.1. The van der Waals surface area contributed by atoms with Crippen LogP contribution in [0, 0.1) is 0 Å². The molecule has 0 heterocycles. The van der Waals surface area contributed by atoms with Crippen molar-refractivity contribution in [2.24, 2.45) is 0 Å². The van der Waals surface area contributed by atoms with Crippen molar-refractivity contribution < 1.29 is 9.90 Å². The van der Waals surface area contributed by atoms with Crippen LogP contribution in [-0.2, 0) is 6.42 Å². The van der Waals surface area contributed by atoms with Crippen LogP contribution in [0.2, 0.25) is 0 Å². The van der Waals surface area contributed by atoms with Crippen molar-refractivity contribution in [1.82, 2.24) is 0 Å². The first kappa shape index (κ1) is 10.8. The summed E-state index contributed by atoms with van der Waals surface area (Å²) >= 11 is 0. The smallest absolute Gasteiger partial charge is 0.159 e. The van der Waals surface area contributed by atoms with E-state index in [0.717, 1.165) is 24.8 Å². The third-order valence-corrected chi connectivity index (χ3v) is 2.29. The van der Waals surface area contributed by atoms with Gasteiger partial charge in [-0.15, -0.1) is 0 Å². The van der Waals surface area contributed by atoms with Crippen molar-refractivity contribution in [3.63, 3.8) is 0 Å². The molecule has 14 heavy (non-hydrogen) atoms. The van der Waals surface area contributed by atoms with E-state index < -0.39 is 0 Å². The third kappa shape index (κ3) is 2.59. The van der Waals surface area contributed by atoms with E-state index in [0.29, 0.717) is 11.3 Å². The van der Waals surface area contributed by atoms with Gasteiger partial charge in [-0.2, -0.15) is 0 Å². The van der Waals surface area contributed by atoms with Crippen LogP contribution >= 0.6 is 0 Å². The van der Waals surface area contributed by atoms with Gasteiger partial charge in [0.2, 0.25) is 0 Å². The summed E-state index contributed by atoms with van der Waals surface area (Å²) in [5.41, 5.74) is 1.55. The van der Waals surface area contributed by atoms with E-state index >= 15 is 0 Å². The maximum Gasteiger partial charge on any atom is 0.159 e. The highest BCUT2D eigenvalue weighted by molar-refractivity contribution is 5.94. The SMILES string of the molecule is CCCCc1cc(C(C)=O)ccc1O. The molecule has 1 N–H and O–H groups in total. The first-order chi connectivity index (χ1) is 6.65. The minimum atomic E-state index is 0.0442. The maximum absolute atomic E-state index is 11.1. The van der Waals surface area contributed by atoms with Crippen LogP contribution < -0.4 is 0 Å². The predicted molar refractivity (Wildman–Crippen MR) is 56.7 cm³/mol. The lowest BCUT2D eigenvalue weighted by atomic mass is 10.0. The summed E-state index contributed by atoms with van der Waals surface area (Å²) in [6.07, 6.45) is 2.96. The quantitative estimate of drug-likeness (QED) is 0.745. The number of hydrogen-bond acceptors (Lipinski definition) is 2. The number of carbonyl (C=O) groups is 1. The molecule has 0 aliphatic rings. The molecule has 0 amide bonds. The molecule has 1 rings (SSSR count). The van der Waals surface area contributed by atoms with Crippen molar-refractivity contribution in [3.05, 3.63) is 29.3 Å². The molecule has 0 radical (unpaired) electrons. The fraction of sp³-hybridized carbons (Fsp3) is 0.417. The number of unbranched alkanes of at least 4 members (excludes halogenated alkanes) is 1. The van der Waals surface area contributed by atoms with E-state index in [1.807, 2.05) is 0 Å². The molecule has 2 heteroatoms. The number of rotatable bonds is 4. The first-order valence-electron chi connectivity index (χ1n) is 4.98. The number of aryl methyl sites for hydroxylation is 1. The summed E-state index contributed by atoms with van der Waals surface area (Å²) in [5, 5.41) is 9.53. The maximum atomic E-state index is 11.1. The van der Waals surface area contributed by atoms with E-state index in [2.05, 4.69) is 6.92 Å². The molecule has 0 saturated heterocycles. The fourth-order valence-corrected chi connectivity index (χ4v) is 1.37. The average Bonchev–Trinajstić information content (AvgIpc) is 2.16. The van der Waals surface area contributed by atoms with Crippen molar-refractivity contribution >= 4 is 5.78 Å². The van der Waals surface area contributed by atoms with Gasteiger partial charge in [0.05, 0.1) is 0 Å².